The Hall–Kier alpha value is -4.46. The summed E-state index contributed by atoms with van der Waals surface area (Å²) < 4.78 is 39.8. The second kappa shape index (κ2) is 14.2. The first-order valence-corrected chi connectivity index (χ1v) is 19.5. The number of anilines is 1. The molecule has 2 N–H and O–H groups in total. The van der Waals surface area contributed by atoms with Gasteiger partial charge in [-0.15, -0.1) is 6.58 Å². The van der Waals surface area contributed by atoms with E-state index in [1.165, 1.54) is 11.0 Å². The number of allylic oxidation sites excluding steroid dienone is 1. The van der Waals surface area contributed by atoms with Crippen LogP contribution in [0.25, 0.3) is 16.8 Å². The molecule has 2 aliphatic heterocycles. The maximum absolute atomic E-state index is 14.6. The van der Waals surface area contributed by atoms with Gasteiger partial charge < -0.3 is 24.6 Å². The fourth-order valence-corrected chi connectivity index (χ4v) is 8.36. The molecule has 13 nitrogen and oxygen atoms in total. The van der Waals surface area contributed by atoms with Crippen molar-refractivity contribution < 1.29 is 37.1 Å². The fraction of sp³-hybridized carbons (Fsp3) is 0.553. The lowest BCUT2D eigenvalue weighted by atomic mass is 9.77. The van der Waals surface area contributed by atoms with Crippen LogP contribution in [0.1, 0.15) is 71.3 Å². The minimum absolute atomic E-state index is 0.00759. The molecule has 3 fully saturated rings. The number of esters is 1. The number of hydrogen-bond donors (Lipinski definition) is 2. The van der Waals surface area contributed by atoms with E-state index in [2.05, 4.69) is 16.6 Å². The molecule has 2 aliphatic carbocycles. The van der Waals surface area contributed by atoms with Gasteiger partial charge in [0.1, 0.15) is 23.5 Å². The molecular weight excluding hydrogens is 687 g/mol. The van der Waals surface area contributed by atoms with Gasteiger partial charge in [0.2, 0.25) is 27.7 Å². The van der Waals surface area contributed by atoms with Crippen LogP contribution in [0.5, 0.6) is 5.88 Å². The molecule has 6 rings (SSSR count). The van der Waals surface area contributed by atoms with E-state index in [1.807, 2.05) is 76.2 Å². The van der Waals surface area contributed by atoms with Crippen molar-refractivity contribution in [1.29, 1.82) is 0 Å². The van der Waals surface area contributed by atoms with Crippen molar-refractivity contribution >= 4 is 56.4 Å². The quantitative estimate of drug-likeness (QED) is 0.317. The third-order valence-electron chi connectivity index (χ3n) is 10.4. The van der Waals surface area contributed by atoms with Crippen molar-refractivity contribution in [2.75, 3.05) is 32.1 Å². The molecule has 0 radical (unpaired) electrons. The van der Waals surface area contributed by atoms with Gasteiger partial charge in [0.25, 0.3) is 5.91 Å². The number of ether oxygens (including phenoxy) is 2. The minimum atomic E-state index is -3.89. The minimum Gasteiger partial charge on any atom is -0.472 e. The summed E-state index contributed by atoms with van der Waals surface area (Å²) in [5.41, 5.74) is -1.29. The zero-order valence-corrected chi connectivity index (χ0v) is 31.3. The number of hydrogen-bond acceptors (Lipinski definition) is 10. The Bertz CT molecular complexity index is 1920. The monoisotopic (exact) mass is 735 g/mol. The van der Waals surface area contributed by atoms with Gasteiger partial charge in [-0.25, -0.2) is 8.42 Å². The Morgan fingerprint density at radius 3 is 2.56 bits per heavy atom. The third-order valence-corrected chi connectivity index (χ3v) is 12.3. The Morgan fingerprint density at radius 2 is 1.90 bits per heavy atom. The number of pyridine rings is 1. The van der Waals surface area contributed by atoms with Gasteiger partial charge >= 0.3 is 5.97 Å². The van der Waals surface area contributed by atoms with Crippen LogP contribution < -0.4 is 19.7 Å². The summed E-state index contributed by atoms with van der Waals surface area (Å²) >= 11 is 0. The van der Waals surface area contributed by atoms with Crippen LogP contribution in [-0.4, -0.2) is 92.2 Å². The van der Waals surface area contributed by atoms with Crippen LogP contribution in [0.3, 0.4) is 0 Å². The van der Waals surface area contributed by atoms with Gasteiger partial charge in [0.15, 0.2) is 0 Å². The van der Waals surface area contributed by atoms with Crippen LogP contribution in [0.2, 0.25) is 0 Å². The smallest absolute Gasteiger partial charge is 0.306 e. The maximum Gasteiger partial charge on any atom is 0.306 e. The van der Waals surface area contributed by atoms with E-state index in [9.17, 15) is 27.6 Å². The van der Waals surface area contributed by atoms with E-state index < -0.39 is 73.9 Å². The number of carbonyl (C=O) groups excluding carboxylic acids is 4. The van der Waals surface area contributed by atoms with Crippen LogP contribution >= 0.6 is 0 Å². The molecule has 4 aliphatic rings. The van der Waals surface area contributed by atoms with Crippen molar-refractivity contribution in [3.05, 3.63) is 48.6 Å². The number of nitrogens with one attached hydrogen (secondary N) is 2. The molecule has 1 saturated heterocycles. The number of carbonyl (C=O) groups is 4. The van der Waals surface area contributed by atoms with Gasteiger partial charge in [0, 0.05) is 31.8 Å². The van der Waals surface area contributed by atoms with Gasteiger partial charge in [-0.3, -0.25) is 23.9 Å². The van der Waals surface area contributed by atoms with E-state index in [0.717, 1.165) is 16.3 Å². The Morgan fingerprint density at radius 1 is 1.15 bits per heavy atom. The Balaban J connectivity index is 1.37. The predicted molar refractivity (Wildman–Crippen MR) is 197 cm³/mol. The molecule has 3 heterocycles. The summed E-state index contributed by atoms with van der Waals surface area (Å²) in [6, 6.07) is 6.84. The molecule has 14 heteroatoms. The summed E-state index contributed by atoms with van der Waals surface area (Å²) in [7, 11) is -0.130. The number of rotatable bonds is 7. The summed E-state index contributed by atoms with van der Waals surface area (Å²) in [5, 5.41) is 3.86. The van der Waals surface area contributed by atoms with Crippen LogP contribution in [0.15, 0.2) is 43.0 Å². The standard InChI is InChI=1S/C38H49N5O8S/c1-7-25-21-38(25,36(47)41-52(48,49)27-14-15-27)40-33(45)30-19-26-22-43(30)35(46)29(37(2,3)4)20-32(44)50-16-10-8-9-11-23-12-13-24-18-31(42(5)6)39-34(51-26)28(24)17-23/h7,9,11-13,17-18,25-27,29-30H,1,8,10,14-16,19-22H2,2-6H3,(H,40,45)(H,41,47)/t25-,26-,29-,30+,38-/m1/s1. The van der Waals surface area contributed by atoms with Crippen molar-refractivity contribution in [2.45, 2.75) is 88.7 Å². The van der Waals surface area contributed by atoms with Gasteiger partial charge in [0.05, 0.1) is 30.7 Å². The maximum atomic E-state index is 14.6. The lowest BCUT2D eigenvalue weighted by molar-refractivity contribution is -0.153. The van der Waals surface area contributed by atoms with Gasteiger partial charge in [-0.2, -0.15) is 4.98 Å². The molecule has 1 aromatic heterocycles. The van der Waals surface area contributed by atoms with E-state index in [4.69, 9.17) is 14.5 Å². The predicted octanol–water partition coefficient (Wildman–Crippen LogP) is 3.72. The van der Waals surface area contributed by atoms with Crippen molar-refractivity contribution in [3.63, 3.8) is 0 Å². The highest BCUT2D eigenvalue weighted by Crippen LogP contribution is 2.46. The lowest BCUT2D eigenvalue weighted by Crippen LogP contribution is -2.57. The highest BCUT2D eigenvalue weighted by Gasteiger charge is 2.62. The highest BCUT2D eigenvalue weighted by atomic mass is 32.2. The van der Waals surface area contributed by atoms with E-state index >= 15 is 0 Å². The van der Waals surface area contributed by atoms with Gasteiger partial charge in [-0.05, 0) is 60.6 Å². The molecule has 0 unspecified atom stereocenters. The molecule has 2 aromatic rings. The summed E-state index contributed by atoms with van der Waals surface area (Å²) in [4.78, 5) is 63.6. The number of nitrogens with zero attached hydrogens (tertiary/aromatic N) is 3. The number of sulfonamides is 1. The first-order chi connectivity index (χ1) is 24.5. The van der Waals surface area contributed by atoms with Crippen molar-refractivity contribution in [2.24, 2.45) is 17.3 Å². The molecule has 5 atom stereocenters. The summed E-state index contributed by atoms with van der Waals surface area (Å²) in [6.45, 7) is 9.57. The van der Waals surface area contributed by atoms with Gasteiger partial charge in [-0.1, -0.05) is 51.1 Å². The topological polar surface area (TPSA) is 164 Å². The highest BCUT2D eigenvalue weighted by molar-refractivity contribution is 7.91. The SMILES string of the molecule is C=C[C@@H]1C[C@]1(NC(=O)[C@@H]1C[C@@H]2CN1C(=O)[C@H](C(C)(C)C)CC(=O)OCCCC=Cc1ccc3cc(N(C)C)nc(c3c1)O2)C(=O)NS(=O)(=O)C1CC1. The molecule has 3 amide bonds. The van der Waals surface area contributed by atoms with Crippen LogP contribution in [0, 0.1) is 17.3 Å². The Kier molecular flexibility index (Phi) is 10.2. The van der Waals surface area contributed by atoms with Crippen LogP contribution in [-0.2, 0) is 33.9 Å². The number of aromatic nitrogens is 1. The third kappa shape index (κ3) is 7.81. The molecule has 52 heavy (non-hydrogen) atoms. The fourth-order valence-electron chi connectivity index (χ4n) is 6.99. The number of fused-ring (bicyclic) bond motifs is 3. The number of amides is 3. The average Bonchev–Trinajstić information content (AvgIpc) is 4.00. The number of benzene rings is 1. The summed E-state index contributed by atoms with van der Waals surface area (Å²) in [6.07, 6.45) is 7.10. The second-order valence-electron chi connectivity index (χ2n) is 15.7. The molecule has 2 saturated carbocycles. The number of cyclic esters (lactones) is 1. The first-order valence-electron chi connectivity index (χ1n) is 17.9. The summed E-state index contributed by atoms with van der Waals surface area (Å²) in [5.74, 6) is -2.71. The van der Waals surface area contributed by atoms with E-state index in [1.54, 1.807) is 0 Å². The lowest BCUT2D eigenvalue weighted by Gasteiger charge is -2.35. The molecule has 0 spiro atoms. The second-order valence-corrected chi connectivity index (χ2v) is 17.7. The van der Waals surface area contributed by atoms with Crippen molar-refractivity contribution in [1.82, 2.24) is 19.9 Å². The zero-order valence-electron chi connectivity index (χ0n) is 30.5. The molecular formula is C38H49N5O8S. The normalized spacial score (nSPS) is 26.9. The average molecular weight is 736 g/mol. The molecule has 1 aromatic carbocycles. The van der Waals surface area contributed by atoms with E-state index in [-0.39, 0.29) is 32.4 Å². The van der Waals surface area contributed by atoms with E-state index in [0.29, 0.717) is 37.4 Å². The van der Waals surface area contributed by atoms with Crippen LogP contribution in [0.4, 0.5) is 5.82 Å². The zero-order chi connectivity index (χ0) is 37.6. The molecule has 4 bridgehead atoms. The Labute approximate surface area is 305 Å². The largest absolute Gasteiger partial charge is 0.472 e. The first kappa shape index (κ1) is 37.3. The van der Waals surface area contributed by atoms with Crippen molar-refractivity contribution in [3.8, 4) is 5.88 Å². The molecule has 280 valence electrons.